The van der Waals surface area contributed by atoms with Crippen LogP contribution >= 0.6 is 31.9 Å². The van der Waals surface area contributed by atoms with E-state index in [1.54, 1.807) is 18.2 Å². The van der Waals surface area contributed by atoms with Gasteiger partial charge in [-0.3, -0.25) is 4.79 Å². The molecule has 0 atom stereocenters. The molecule has 0 aliphatic heterocycles. The number of amides is 1. The first-order chi connectivity index (χ1) is 8.56. The van der Waals surface area contributed by atoms with E-state index in [1.165, 1.54) is 0 Å². The standard InChI is InChI=1S/C13H9Br2NO2/c14-8-1-3-9(4-2-8)18-10-5-6-11(13(16)17)12(15)7-10/h1-7H,(H2,16,17). The zero-order chi connectivity index (χ0) is 13.1. The molecule has 0 aliphatic rings. The van der Waals surface area contributed by atoms with Crippen molar-refractivity contribution in [2.75, 3.05) is 0 Å². The van der Waals surface area contributed by atoms with E-state index in [9.17, 15) is 4.79 Å². The van der Waals surface area contributed by atoms with Crippen molar-refractivity contribution in [2.45, 2.75) is 0 Å². The molecule has 0 unspecified atom stereocenters. The number of primary amides is 1. The van der Waals surface area contributed by atoms with Crippen molar-refractivity contribution in [3.05, 3.63) is 57.0 Å². The van der Waals surface area contributed by atoms with Crippen LogP contribution in [0.5, 0.6) is 11.5 Å². The average Bonchev–Trinajstić information content (AvgIpc) is 2.32. The van der Waals surface area contributed by atoms with Gasteiger partial charge < -0.3 is 10.5 Å². The molecule has 2 aromatic rings. The van der Waals surface area contributed by atoms with E-state index >= 15 is 0 Å². The first kappa shape index (κ1) is 13.1. The van der Waals surface area contributed by atoms with E-state index in [0.29, 0.717) is 15.8 Å². The van der Waals surface area contributed by atoms with Crippen molar-refractivity contribution in [1.29, 1.82) is 0 Å². The highest BCUT2D eigenvalue weighted by Crippen LogP contribution is 2.27. The zero-order valence-electron chi connectivity index (χ0n) is 9.19. The molecule has 0 bridgehead atoms. The summed E-state index contributed by atoms with van der Waals surface area (Å²) in [7, 11) is 0. The fourth-order valence-electron chi connectivity index (χ4n) is 1.40. The van der Waals surface area contributed by atoms with Gasteiger partial charge in [0.15, 0.2) is 0 Å². The van der Waals surface area contributed by atoms with Crippen molar-refractivity contribution in [3.63, 3.8) is 0 Å². The lowest BCUT2D eigenvalue weighted by Gasteiger charge is -2.07. The molecule has 18 heavy (non-hydrogen) atoms. The van der Waals surface area contributed by atoms with Crippen molar-refractivity contribution in [3.8, 4) is 11.5 Å². The van der Waals surface area contributed by atoms with Gasteiger partial charge in [0.05, 0.1) is 5.56 Å². The monoisotopic (exact) mass is 369 g/mol. The maximum atomic E-state index is 11.1. The first-order valence-corrected chi connectivity index (χ1v) is 6.67. The van der Waals surface area contributed by atoms with Gasteiger partial charge in [-0.05, 0) is 58.4 Å². The number of ether oxygens (including phenoxy) is 1. The smallest absolute Gasteiger partial charge is 0.249 e. The number of benzene rings is 2. The van der Waals surface area contributed by atoms with Crippen LogP contribution < -0.4 is 10.5 Å². The summed E-state index contributed by atoms with van der Waals surface area (Å²) in [5, 5.41) is 0. The van der Waals surface area contributed by atoms with E-state index in [0.717, 1.165) is 10.2 Å². The zero-order valence-corrected chi connectivity index (χ0v) is 12.4. The second-order valence-corrected chi connectivity index (χ2v) is 5.33. The lowest BCUT2D eigenvalue weighted by Crippen LogP contribution is -2.11. The third-order valence-corrected chi connectivity index (χ3v) is 3.44. The fourth-order valence-corrected chi connectivity index (χ4v) is 2.22. The van der Waals surface area contributed by atoms with Gasteiger partial charge in [-0.15, -0.1) is 0 Å². The van der Waals surface area contributed by atoms with Gasteiger partial charge in [-0.25, -0.2) is 0 Å². The normalized spacial score (nSPS) is 10.1. The summed E-state index contributed by atoms with van der Waals surface area (Å²) in [6.07, 6.45) is 0. The minimum Gasteiger partial charge on any atom is -0.457 e. The quantitative estimate of drug-likeness (QED) is 0.884. The molecule has 3 nitrogen and oxygen atoms in total. The Morgan fingerprint density at radius 2 is 1.61 bits per heavy atom. The molecule has 1 amide bonds. The molecule has 0 aliphatic carbocycles. The Balaban J connectivity index is 2.22. The van der Waals surface area contributed by atoms with Crippen LogP contribution in [-0.4, -0.2) is 5.91 Å². The highest BCUT2D eigenvalue weighted by Gasteiger charge is 2.07. The van der Waals surface area contributed by atoms with Gasteiger partial charge >= 0.3 is 0 Å². The van der Waals surface area contributed by atoms with E-state index in [-0.39, 0.29) is 0 Å². The number of carbonyl (C=O) groups excluding carboxylic acids is 1. The number of halogens is 2. The van der Waals surface area contributed by atoms with E-state index in [4.69, 9.17) is 10.5 Å². The SMILES string of the molecule is NC(=O)c1ccc(Oc2ccc(Br)cc2)cc1Br. The molecule has 0 heterocycles. The average molecular weight is 371 g/mol. The van der Waals surface area contributed by atoms with E-state index < -0.39 is 5.91 Å². The highest BCUT2D eigenvalue weighted by atomic mass is 79.9. The predicted octanol–water partition coefficient (Wildman–Crippen LogP) is 4.10. The Kier molecular flexibility index (Phi) is 4.04. The fraction of sp³-hybridized carbons (Fsp3) is 0. The summed E-state index contributed by atoms with van der Waals surface area (Å²) < 4.78 is 7.25. The number of hydrogen-bond acceptors (Lipinski definition) is 2. The van der Waals surface area contributed by atoms with Gasteiger partial charge in [0.2, 0.25) is 5.91 Å². The number of nitrogens with two attached hydrogens (primary N) is 1. The van der Waals surface area contributed by atoms with Gasteiger partial charge in [-0.2, -0.15) is 0 Å². The number of rotatable bonds is 3. The molecule has 0 radical (unpaired) electrons. The number of hydrogen-bond donors (Lipinski definition) is 1. The second kappa shape index (κ2) is 5.54. The molecule has 0 fully saturated rings. The number of carbonyl (C=O) groups is 1. The van der Waals surface area contributed by atoms with Crippen LogP contribution in [0.2, 0.25) is 0 Å². The molecular formula is C13H9Br2NO2. The van der Waals surface area contributed by atoms with Crippen molar-refractivity contribution in [1.82, 2.24) is 0 Å². The third kappa shape index (κ3) is 3.11. The van der Waals surface area contributed by atoms with Crippen molar-refractivity contribution >= 4 is 37.8 Å². The maximum absolute atomic E-state index is 11.1. The minimum atomic E-state index is -0.475. The Labute approximate surface area is 121 Å². The second-order valence-electron chi connectivity index (χ2n) is 3.56. The van der Waals surface area contributed by atoms with Crippen molar-refractivity contribution < 1.29 is 9.53 Å². The third-order valence-electron chi connectivity index (χ3n) is 2.26. The lowest BCUT2D eigenvalue weighted by atomic mass is 10.2. The molecule has 2 N–H and O–H groups in total. The van der Waals surface area contributed by atoms with Crippen LogP contribution in [0.4, 0.5) is 0 Å². The van der Waals surface area contributed by atoms with Gasteiger partial charge in [0.1, 0.15) is 11.5 Å². The Bertz CT molecular complexity index is 582. The molecule has 2 rings (SSSR count). The van der Waals surface area contributed by atoms with Crippen LogP contribution in [-0.2, 0) is 0 Å². The van der Waals surface area contributed by atoms with Crippen LogP contribution in [0.3, 0.4) is 0 Å². The van der Waals surface area contributed by atoms with Gasteiger partial charge in [0.25, 0.3) is 0 Å². The Morgan fingerprint density at radius 3 is 2.17 bits per heavy atom. The van der Waals surface area contributed by atoms with Crippen LogP contribution in [0.15, 0.2) is 51.4 Å². The Hall–Kier alpha value is -1.33. The first-order valence-electron chi connectivity index (χ1n) is 5.09. The van der Waals surface area contributed by atoms with Gasteiger partial charge in [0, 0.05) is 8.95 Å². The lowest BCUT2D eigenvalue weighted by molar-refractivity contribution is 0.0999. The minimum absolute atomic E-state index is 0.429. The molecular weight excluding hydrogens is 362 g/mol. The Morgan fingerprint density at radius 1 is 1.00 bits per heavy atom. The summed E-state index contributed by atoms with van der Waals surface area (Å²) in [4.78, 5) is 11.1. The summed E-state index contributed by atoms with van der Waals surface area (Å²) in [5.41, 5.74) is 5.65. The van der Waals surface area contributed by atoms with E-state index in [1.807, 2.05) is 24.3 Å². The molecule has 5 heteroatoms. The maximum Gasteiger partial charge on any atom is 0.249 e. The topological polar surface area (TPSA) is 52.3 Å². The van der Waals surface area contributed by atoms with E-state index in [2.05, 4.69) is 31.9 Å². The van der Waals surface area contributed by atoms with Crippen molar-refractivity contribution in [2.24, 2.45) is 5.73 Å². The summed E-state index contributed by atoms with van der Waals surface area (Å²) in [5.74, 6) is 0.878. The van der Waals surface area contributed by atoms with Crippen LogP contribution in [0.25, 0.3) is 0 Å². The van der Waals surface area contributed by atoms with Crippen LogP contribution in [0, 0.1) is 0 Å². The molecule has 0 spiro atoms. The van der Waals surface area contributed by atoms with Crippen LogP contribution in [0.1, 0.15) is 10.4 Å². The summed E-state index contributed by atoms with van der Waals surface area (Å²) in [6.45, 7) is 0. The van der Waals surface area contributed by atoms with Gasteiger partial charge in [-0.1, -0.05) is 15.9 Å². The molecule has 0 aromatic heterocycles. The summed E-state index contributed by atoms with van der Waals surface area (Å²) in [6, 6.07) is 12.5. The molecule has 92 valence electrons. The molecule has 0 saturated carbocycles. The molecule has 2 aromatic carbocycles. The largest absolute Gasteiger partial charge is 0.457 e. The predicted molar refractivity (Wildman–Crippen MR) is 76.9 cm³/mol. The molecule has 0 saturated heterocycles. The highest BCUT2D eigenvalue weighted by molar-refractivity contribution is 9.10. The summed E-state index contributed by atoms with van der Waals surface area (Å²) >= 11 is 6.64.